The molecule has 0 aromatic carbocycles. The van der Waals surface area contributed by atoms with Crippen molar-refractivity contribution < 1.29 is 5.11 Å². The zero-order chi connectivity index (χ0) is 14.9. The first kappa shape index (κ1) is 14.1. The Morgan fingerprint density at radius 1 is 1.38 bits per heavy atom. The molecule has 4 nitrogen and oxygen atoms in total. The van der Waals surface area contributed by atoms with Gasteiger partial charge in [-0.05, 0) is 32.0 Å². The fraction of sp³-hybridized carbons (Fsp3) is 0.471. The third kappa shape index (κ3) is 2.80. The summed E-state index contributed by atoms with van der Waals surface area (Å²) >= 11 is 0. The van der Waals surface area contributed by atoms with Crippen molar-refractivity contribution in [1.29, 1.82) is 5.26 Å². The number of nitrogens with zero attached hydrogens (tertiary/aromatic N) is 3. The Hall–Kier alpha value is -1.83. The first-order chi connectivity index (χ1) is 10.1. The predicted molar refractivity (Wildman–Crippen MR) is 81.9 cm³/mol. The van der Waals surface area contributed by atoms with E-state index in [1.165, 1.54) is 0 Å². The summed E-state index contributed by atoms with van der Waals surface area (Å²) in [5, 5.41) is 19.9. The molecule has 110 valence electrons. The van der Waals surface area contributed by atoms with Gasteiger partial charge in [-0.3, -0.25) is 4.90 Å². The van der Waals surface area contributed by atoms with Crippen LogP contribution < -0.4 is 0 Å². The maximum Gasteiger partial charge on any atom is 0.102 e. The molecule has 3 rings (SSSR count). The van der Waals surface area contributed by atoms with Crippen molar-refractivity contribution in [3.05, 3.63) is 41.7 Å². The molecule has 0 radical (unpaired) electrons. The zero-order valence-corrected chi connectivity index (χ0v) is 12.4. The predicted octanol–water partition coefficient (Wildman–Crippen LogP) is 2.55. The second kappa shape index (κ2) is 5.51. The van der Waals surface area contributed by atoms with Crippen molar-refractivity contribution in [1.82, 2.24) is 9.30 Å². The molecule has 4 heteroatoms. The number of hydrogen-bond donors (Lipinski definition) is 1. The van der Waals surface area contributed by atoms with Crippen LogP contribution in [0.15, 0.2) is 30.6 Å². The third-order valence-corrected chi connectivity index (χ3v) is 4.41. The third-order valence-electron chi connectivity index (χ3n) is 4.41. The number of pyridine rings is 1. The van der Waals surface area contributed by atoms with E-state index in [4.69, 9.17) is 0 Å². The molecule has 0 saturated heterocycles. The highest BCUT2D eigenvalue weighted by Gasteiger charge is 2.32. The van der Waals surface area contributed by atoms with Gasteiger partial charge in [0.15, 0.2) is 0 Å². The second-order valence-electron chi connectivity index (χ2n) is 6.24. The van der Waals surface area contributed by atoms with Crippen LogP contribution in [0.25, 0.3) is 5.52 Å². The normalized spacial score (nSPS) is 17.4. The van der Waals surface area contributed by atoms with E-state index >= 15 is 0 Å². The van der Waals surface area contributed by atoms with Crippen LogP contribution in [0.3, 0.4) is 0 Å². The highest BCUT2D eigenvalue weighted by molar-refractivity contribution is 5.65. The van der Waals surface area contributed by atoms with Gasteiger partial charge in [-0.2, -0.15) is 5.26 Å². The molecule has 1 aliphatic rings. The Balaban J connectivity index is 1.80. The molecule has 0 spiro atoms. The zero-order valence-electron chi connectivity index (χ0n) is 12.4. The van der Waals surface area contributed by atoms with Gasteiger partial charge in [-0.1, -0.05) is 18.9 Å². The lowest BCUT2D eigenvalue weighted by Crippen LogP contribution is -2.38. The molecule has 1 N–H and O–H groups in total. The molecule has 2 heterocycles. The average molecular weight is 283 g/mol. The molecule has 1 aliphatic carbocycles. The van der Waals surface area contributed by atoms with Crippen molar-refractivity contribution in [3.63, 3.8) is 0 Å². The Labute approximate surface area is 125 Å². The summed E-state index contributed by atoms with van der Waals surface area (Å²) in [6.07, 6.45) is 7.99. The topological polar surface area (TPSA) is 51.7 Å². The Kier molecular flexibility index (Phi) is 3.71. The summed E-state index contributed by atoms with van der Waals surface area (Å²) in [5.41, 5.74) is 2.16. The van der Waals surface area contributed by atoms with Crippen LogP contribution in [0.5, 0.6) is 0 Å². The second-order valence-corrected chi connectivity index (χ2v) is 6.24. The monoisotopic (exact) mass is 283 g/mol. The summed E-state index contributed by atoms with van der Waals surface area (Å²) in [7, 11) is 2.01. The average Bonchev–Trinajstić information content (AvgIpc) is 3.01. The molecule has 0 amide bonds. The molecular formula is C17H21N3O. The lowest BCUT2D eigenvalue weighted by atomic mass is 10.0. The molecular weight excluding hydrogens is 262 g/mol. The van der Waals surface area contributed by atoms with Gasteiger partial charge in [0.05, 0.1) is 16.7 Å². The summed E-state index contributed by atoms with van der Waals surface area (Å²) in [6, 6.07) is 8.19. The largest absolute Gasteiger partial charge is 0.389 e. The van der Waals surface area contributed by atoms with Crippen LogP contribution in [-0.4, -0.2) is 33.6 Å². The number of rotatable bonds is 4. The van der Waals surface area contributed by atoms with Crippen LogP contribution in [-0.2, 0) is 6.54 Å². The first-order valence-corrected chi connectivity index (χ1v) is 7.51. The van der Waals surface area contributed by atoms with E-state index in [1.807, 2.05) is 42.0 Å². The summed E-state index contributed by atoms with van der Waals surface area (Å²) in [4.78, 5) is 2.13. The van der Waals surface area contributed by atoms with E-state index in [2.05, 4.69) is 11.0 Å². The van der Waals surface area contributed by atoms with Crippen LogP contribution >= 0.6 is 0 Å². The van der Waals surface area contributed by atoms with Crippen molar-refractivity contribution >= 4 is 5.52 Å². The number of nitriles is 1. The molecule has 2 aromatic rings. The summed E-state index contributed by atoms with van der Waals surface area (Å²) < 4.78 is 1.99. The molecule has 0 bridgehead atoms. The van der Waals surface area contributed by atoms with E-state index in [0.717, 1.165) is 42.3 Å². The van der Waals surface area contributed by atoms with E-state index in [0.29, 0.717) is 13.1 Å². The van der Waals surface area contributed by atoms with Gasteiger partial charge in [0, 0.05) is 31.0 Å². The Morgan fingerprint density at radius 3 is 2.86 bits per heavy atom. The SMILES string of the molecule is CN(Cc1cn2ccccc2c1C#N)CC1(O)CCCC1. The molecule has 0 unspecified atom stereocenters. The van der Waals surface area contributed by atoms with Crippen LogP contribution in [0, 0.1) is 11.3 Å². The van der Waals surface area contributed by atoms with E-state index in [9.17, 15) is 10.4 Å². The number of fused-ring (bicyclic) bond motifs is 1. The van der Waals surface area contributed by atoms with Crippen molar-refractivity contribution in [2.45, 2.75) is 37.8 Å². The number of likely N-dealkylation sites (N-methyl/N-ethyl adjacent to an activating group) is 1. The Bertz CT molecular complexity index is 677. The molecule has 0 aliphatic heterocycles. The molecule has 1 fully saturated rings. The first-order valence-electron chi connectivity index (χ1n) is 7.51. The highest BCUT2D eigenvalue weighted by Crippen LogP contribution is 2.30. The number of aliphatic hydroxyl groups is 1. The van der Waals surface area contributed by atoms with Gasteiger partial charge in [0.2, 0.25) is 0 Å². The lowest BCUT2D eigenvalue weighted by molar-refractivity contribution is 0.0145. The molecule has 2 aromatic heterocycles. The smallest absolute Gasteiger partial charge is 0.102 e. The van der Waals surface area contributed by atoms with Gasteiger partial charge in [0.1, 0.15) is 6.07 Å². The number of aromatic nitrogens is 1. The maximum absolute atomic E-state index is 10.5. The number of hydrogen-bond acceptors (Lipinski definition) is 3. The van der Waals surface area contributed by atoms with Gasteiger partial charge in [-0.25, -0.2) is 0 Å². The van der Waals surface area contributed by atoms with Gasteiger partial charge < -0.3 is 9.51 Å². The minimum Gasteiger partial charge on any atom is -0.389 e. The van der Waals surface area contributed by atoms with E-state index in [1.54, 1.807) is 0 Å². The summed E-state index contributed by atoms with van der Waals surface area (Å²) in [6.45, 7) is 1.36. The van der Waals surface area contributed by atoms with Crippen LogP contribution in [0.1, 0.15) is 36.8 Å². The van der Waals surface area contributed by atoms with Crippen LogP contribution in [0.2, 0.25) is 0 Å². The molecule has 1 saturated carbocycles. The fourth-order valence-electron chi connectivity index (χ4n) is 3.47. The van der Waals surface area contributed by atoms with Crippen molar-refractivity contribution in [2.75, 3.05) is 13.6 Å². The van der Waals surface area contributed by atoms with Gasteiger partial charge >= 0.3 is 0 Å². The van der Waals surface area contributed by atoms with E-state index in [-0.39, 0.29) is 0 Å². The minimum absolute atomic E-state index is 0.541. The minimum atomic E-state index is -0.541. The summed E-state index contributed by atoms with van der Waals surface area (Å²) in [5.74, 6) is 0. The molecule has 21 heavy (non-hydrogen) atoms. The van der Waals surface area contributed by atoms with Gasteiger partial charge in [-0.15, -0.1) is 0 Å². The maximum atomic E-state index is 10.5. The van der Waals surface area contributed by atoms with Crippen molar-refractivity contribution in [3.8, 4) is 6.07 Å². The molecule has 0 atom stereocenters. The van der Waals surface area contributed by atoms with E-state index < -0.39 is 5.60 Å². The van der Waals surface area contributed by atoms with Crippen LogP contribution in [0.4, 0.5) is 0 Å². The highest BCUT2D eigenvalue weighted by atomic mass is 16.3. The standard InChI is InChI=1S/C17H21N3O/c1-19(13-17(21)7-3-4-8-17)11-14-12-20-9-5-2-6-16(20)15(14)10-18/h2,5-6,9,12,21H,3-4,7-8,11,13H2,1H3. The van der Waals surface area contributed by atoms with Crippen molar-refractivity contribution in [2.24, 2.45) is 0 Å². The Morgan fingerprint density at radius 2 is 2.14 bits per heavy atom. The quantitative estimate of drug-likeness (QED) is 0.938. The van der Waals surface area contributed by atoms with Gasteiger partial charge in [0.25, 0.3) is 0 Å². The fourth-order valence-corrected chi connectivity index (χ4v) is 3.47. The lowest BCUT2D eigenvalue weighted by Gasteiger charge is -2.28.